The van der Waals surface area contributed by atoms with Crippen molar-refractivity contribution >= 4 is 16.8 Å². The minimum Gasteiger partial charge on any atom is -0.396 e. The van der Waals surface area contributed by atoms with Crippen molar-refractivity contribution in [1.82, 2.24) is 9.88 Å². The molecule has 2 N–H and O–H groups in total. The molecule has 0 aliphatic heterocycles. The van der Waals surface area contributed by atoms with Gasteiger partial charge in [0.25, 0.3) is 5.91 Å². The number of aryl methyl sites for hydroxylation is 1. The number of aliphatic hydroxyl groups excluding tert-OH is 1. The number of para-hydroxylation sites is 1. The van der Waals surface area contributed by atoms with Gasteiger partial charge in [0.1, 0.15) is 5.69 Å². The van der Waals surface area contributed by atoms with Gasteiger partial charge in [0.2, 0.25) is 0 Å². The summed E-state index contributed by atoms with van der Waals surface area (Å²) in [5.74, 6) is 0.105. The number of carbonyl (C=O) groups excluding carboxylic acids is 1. The molecule has 0 saturated carbocycles. The van der Waals surface area contributed by atoms with E-state index in [-0.39, 0.29) is 24.5 Å². The monoisotopic (exact) mass is 284 g/mol. The summed E-state index contributed by atoms with van der Waals surface area (Å²) in [6, 6.07) is 9.98. The highest BCUT2D eigenvalue weighted by Crippen LogP contribution is 2.21. The van der Waals surface area contributed by atoms with Crippen molar-refractivity contribution in [2.24, 2.45) is 5.92 Å². The molecule has 2 aromatic rings. The fraction of sp³-hybridized carbons (Fsp3) is 0.353. The van der Waals surface area contributed by atoms with Crippen LogP contribution in [0.3, 0.4) is 0 Å². The minimum atomic E-state index is -0.0544. The highest BCUT2D eigenvalue weighted by atomic mass is 16.3. The van der Waals surface area contributed by atoms with E-state index in [1.807, 2.05) is 54.0 Å². The van der Waals surface area contributed by atoms with E-state index in [2.05, 4.69) is 5.32 Å². The molecule has 0 bridgehead atoms. The summed E-state index contributed by atoms with van der Waals surface area (Å²) in [5, 5.41) is 13.3. The molecule has 1 aromatic carbocycles. The first-order valence-electron chi connectivity index (χ1n) is 7.41. The van der Waals surface area contributed by atoms with Crippen molar-refractivity contribution in [2.75, 3.05) is 6.61 Å². The molecule has 1 amide bonds. The Morgan fingerprint density at radius 1 is 1.38 bits per heavy atom. The second kappa shape index (κ2) is 5.74. The Balaban J connectivity index is 1.83. The maximum absolute atomic E-state index is 12.5. The zero-order chi connectivity index (χ0) is 14.8. The van der Waals surface area contributed by atoms with Crippen LogP contribution in [0.2, 0.25) is 0 Å². The van der Waals surface area contributed by atoms with Crippen LogP contribution >= 0.6 is 0 Å². The van der Waals surface area contributed by atoms with Gasteiger partial charge < -0.3 is 15.0 Å². The summed E-state index contributed by atoms with van der Waals surface area (Å²) >= 11 is 0. The molecule has 21 heavy (non-hydrogen) atoms. The minimum absolute atomic E-state index is 0.0120. The van der Waals surface area contributed by atoms with Crippen LogP contribution in [0.5, 0.6) is 0 Å². The first kappa shape index (κ1) is 13.9. The molecule has 1 aliphatic rings. The van der Waals surface area contributed by atoms with Crippen molar-refractivity contribution in [3.8, 4) is 0 Å². The van der Waals surface area contributed by atoms with Gasteiger partial charge in [-0.15, -0.1) is 0 Å². The molecule has 2 atom stereocenters. The normalized spacial score (nSPS) is 21.0. The Morgan fingerprint density at radius 2 is 2.19 bits per heavy atom. The summed E-state index contributed by atoms with van der Waals surface area (Å²) in [6.45, 7) is 2.94. The Morgan fingerprint density at radius 3 is 2.90 bits per heavy atom. The van der Waals surface area contributed by atoms with Gasteiger partial charge in [0.15, 0.2) is 0 Å². The lowest BCUT2D eigenvalue weighted by molar-refractivity contribution is 0.0932. The third-order valence-electron chi connectivity index (χ3n) is 4.08. The van der Waals surface area contributed by atoms with Crippen LogP contribution < -0.4 is 5.32 Å². The highest BCUT2D eigenvalue weighted by molar-refractivity contribution is 5.99. The number of nitrogens with one attached hydrogen (secondary N) is 1. The molecule has 1 heterocycles. The molecule has 110 valence electrons. The van der Waals surface area contributed by atoms with E-state index >= 15 is 0 Å². The number of fused-ring (bicyclic) bond motifs is 1. The number of carbonyl (C=O) groups is 1. The predicted molar refractivity (Wildman–Crippen MR) is 83.2 cm³/mol. The maximum Gasteiger partial charge on any atom is 0.268 e. The molecule has 0 fully saturated rings. The van der Waals surface area contributed by atoms with Gasteiger partial charge >= 0.3 is 0 Å². The van der Waals surface area contributed by atoms with Crippen LogP contribution in [0, 0.1) is 5.92 Å². The van der Waals surface area contributed by atoms with E-state index in [0.717, 1.165) is 23.9 Å². The number of benzene rings is 1. The topological polar surface area (TPSA) is 54.3 Å². The fourth-order valence-corrected chi connectivity index (χ4v) is 3.00. The van der Waals surface area contributed by atoms with Gasteiger partial charge in [0, 0.05) is 36.0 Å². The number of hydrogen-bond acceptors (Lipinski definition) is 2. The van der Waals surface area contributed by atoms with Gasteiger partial charge in [-0.2, -0.15) is 0 Å². The van der Waals surface area contributed by atoms with E-state index in [1.54, 1.807) is 0 Å². The van der Waals surface area contributed by atoms with E-state index in [0.29, 0.717) is 5.69 Å². The van der Waals surface area contributed by atoms with Gasteiger partial charge in [0.05, 0.1) is 0 Å². The van der Waals surface area contributed by atoms with Gasteiger partial charge in [-0.1, -0.05) is 30.4 Å². The summed E-state index contributed by atoms with van der Waals surface area (Å²) in [5.41, 5.74) is 1.78. The lowest BCUT2D eigenvalue weighted by Crippen LogP contribution is -2.34. The smallest absolute Gasteiger partial charge is 0.268 e. The molecular formula is C17H20N2O2. The standard InChI is InChI=1S/C17H20N2O2/c1-2-19-15-6-4-3-5-13(15)10-16(19)17(21)18-14-8-7-12(9-14)11-20/h3-8,10,12,14,20H,2,9,11H2,1H3,(H,18,21)/t12-,14+/m0/s1. The largest absolute Gasteiger partial charge is 0.396 e. The molecule has 0 unspecified atom stereocenters. The third kappa shape index (κ3) is 2.59. The second-order valence-electron chi connectivity index (χ2n) is 5.48. The molecule has 4 heteroatoms. The number of rotatable bonds is 4. The molecule has 0 radical (unpaired) electrons. The SMILES string of the molecule is CCn1c(C(=O)N[C@@H]2C=C[C@H](CO)C2)cc2ccccc21. The summed E-state index contributed by atoms with van der Waals surface area (Å²) in [7, 11) is 0. The van der Waals surface area contributed by atoms with Crippen LogP contribution in [0.1, 0.15) is 23.8 Å². The number of amides is 1. The quantitative estimate of drug-likeness (QED) is 0.847. The summed E-state index contributed by atoms with van der Waals surface area (Å²) in [6.07, 6.45) is 4.71. The van der Waals surface area contributed by atoms with Crippen LogP contribution in [-0.2, 0) is 6.54 Å². The van der Waals surface area contributed by atoms with Crippen LogP contribution in [0.4, 0.5) is 0 Å². The van der Waals surface area contributed by atoms with Crippen molar-refractivity contribution < 1.29 is 9.90 Å². The Bertz CT molecular complexity index is 687. The third-order valence-corrected chi connectivity index (χ3v) is 4.08. The van der Waals surface area contributed by atoms with E-state index in [9.17, 15) is 4.79 Å². The molecule has 0 saturated heterocycles. The number of aliphatic hydroxyl groups is 1. The number of aromatic nitrogens is 1. The summed E-state index contributed by atoms with van der Waals surface area (Å²) < 4.78 is 2.03. The molecular weight excluding hydrogens is 264 g/mol. The average molecular weight is 284 g/mol. The summed E-state index contributed by atoms with van der Waals surface area (Å²) in [4.78, 5) is 12.5. The maximum atomic E-state index is 12.5. The van der Waals surface area contributed by atoms with Crippen LogP contribution in [0.15, 0.2) is 42.5 Å². The lowest BCUT2D eigenvalue weighted by atomic mass is 10.1. The van der Waals surface area contributed by atoms with Crippen molar-refractivity contribution in [3.05, 3.63) is 48.2 Å². The Labute approximate surface area is 124 Å². The average Bonchev–Trinajstić information content (AvgIpc) is 3.10. The van der Waals surface area contributed by atoms with E-state index in [1.165, 1.54) is 0 Å². The van der Waals surface area contributed by atoms with Crippen LogP contribution in [-0.4, -0.2) is 28.2 Å². The molecule has 3 rings (SSSR count). The second-order valence-corrected chi connectivity index (χ2v) is 5.48. The first-order chi connectivity index (χ1) is 10.2. The molecule has 1 aromatic heterocycles. The zero-order valence-corrected chi connectivity index (χ0v) is 12.1. The zero-order valence-electron chi connectivity index (χ0n) is 12.1. The predicted octanol–water partition coefficient (Wildman–Crippen LogP) is 2.33. The van der Waals surface area contributed by atoms with Crippen molar-refractivity contribution in [3.63, 3.8) is 0 Å². The number of nitrogens with zero attached hydrogens (tertiary/aromatic N) is 1. The van der Waals surface area contributed by atoms with Gasteiger partial charge in [-0.25, -0.2) is 0 Å². The van der Waals surface area contributed by atoms with Gasteiger partial charge in [-0.3, -0.25) is 4.79 Å². The van der Waals surface area contributed by atoms with E-state index in [4.69, 9.17) is 5.11 Å². The highest BCUT2D eigenvalue weighted by Gasteiger charge is 2.22. The number of hydrogen-bond donors (Lipinski definition) is 2. The van der Waals surface area contributed by atoms with Crippen molar-refractivity contribution in [2.45, 2.75) is 25.9 Å². The first-order valence-corrected chi connectivity index (χ1v) is 7.41. The Hall–Kier alpha value is -2.07. The Kier molecular flexibility index (Phi) is 3.80. The van der Waals surface area contributed by atoms with Crippen molar-refractivity contribution in [1.29, 1.82) is 0 Å². The molecule has 1 aliphatic carbocycles. The molecule has 4 nitrogen and oxygen atoms in total. The van der Waals surface area contributed by atoms with Gasteiger partial charge in [-0.05, 0) is 25.5 Å². The molecule has 0 spiro atoms. The van der Waals surface area contributed by atoms with E-state index < -0.39 is 0 Å². The fourth-order valence-electron chi connectivity index (χ4n) is 3.00. The van der Waals surface area contributed by atoms with Crippen LogP contribution in [0.25, 0.3) is 10.9 Å². The lowest BCUT2D eigenvalue weighted by Gasteiger charge is -2.14.